The molecule has 0 saturated heterocycles. The molecule has 0 fully saturated rings. The fourth-order valence-corrected chi connectivity index (χ4v) is 2.91. The molecular formula is C25H23N3O2. The molecule has 0 aliphatic carbocycles. The molecule has 2 N–H and O–H groups in total. The topological polar surface area (TPSA) is 82.0 Å². The summed E-state index contributed by atoms with van der Waals surface area (Å²) in [5.74, 6) is -0.578. The smallest absolute Gasteiger partial charge is 0.255 e. The number of amides is 2. The second-order valence-corrected chi connectivity index (χ2v) is 7.97. The number of nitrogens with one attached hydrogen (secondary N) is 2. The quantitative estimate of drug-likeness (QED) is 0.622. The molecule has 0 bridgehead atoms. The van der Waals surface area contributed by atoms with Crippen LogP contribution in [0.4, 0.5) is 11.4 Å². The second-order valence-electron chi connectivity index (χ2n) is 7.97. The van der Waals surface area contributed by atoms with Crippen molar-refractivity contribution in [2.24, 2.45) is 0 Å². The average molecular weight is 397 g/mol. The summed E-state index contributed by atoms with van der Waals surface area (Å²) < 4.78 is 0. The number of carbonyl (C=O) groups is 2. The van der Waals surface area contributed by atoms with E-state index >= 15 is 0 Å². The second kappa shape index (κ2) is 8.62. The Kier molecular flexibility index (Phi) is 5.98. The largest absolute Gasteiger partial charge is 0.320 e. The molecule has 0 aliphatic heterocycles. The Balaban J connectivity index is 1.75. The van der Waals surface area contributed by atoms with Crippen molar-refractivity contribution in [2.75, 3.05) is 10.6 Å². The molecule has 3 rings (SSSR count). The molecular weight excluding hydrogens is 374 g/mol. The van der Waals surface area contributed by atoms with Crippen LogP contribution in [-0.2, 0) is 5.41 Å². The zero-order valence-electron chi connectivity index (χ0n) is 17.2. The summed E-state index contributed by atoms with van der Waals surface area (Å²) in [6.07, 6.45) is 0. The lowest BCUT2D eigenvalue weighted by Crippen LogP contribution is -2.17. The first-order valence-corrected chi connectivity index (χ1v) is 9.60. The van der Waals surface area contributed by atoms with Gasteiger partial charge in [0.2, 0.25) is 0 Å². The van der Waals surface area contributed by atoms with Gasteiger partial charge in [0.25, 0.3) is 11.8 Å². The molecule has 0 radical (unpaired) electrons. The van der Waals surface area contributed by atoms with E-state index in [2.05, 4.69) is 31.4 Å². The standard InChI is InChI=1S/C25H23N3O2/c1-25(2,3)20-14-12-19(13-15-20)24(30)28-22-7-5-4-6-21(22)27-23(29)18-10-8-17(16-26)9-11-18/h4-15H,1-3H3,(H,27,29)(H,28,30). The highest BCUT2D eigenvalue weighted by molar-refractivity contribution is 6.10. The molecule has 3 aromatic rings. The minimum Gasteiger partial charge on any atom is -0.320 e. The number of nitriles is 1. The highest BCUT2D eigenvalue weighted by Crippen LogP contribution is 2.25. The summed E-state index contributed by atoms with van der Waals surface area (Å²) in [6.45, 7) is 6.36. The number of para-hydroxylation sites is 2. The molecule has 0 spiro atoms. The minimum atomic E-state index is -0.323. The molecule has 0 aromatic heterocycles. The van der Waals surface area contributed by atoms with Crippen LogP contribution in [0.5, 0.6) is 0 Å². The van der Waals surface area contributed by atoms with Crippen molar-refractivity contribution < 1.29 is 9.59 Å². The normalized spacial score (nSPS) is 10.7. The third kappa shape index (κ3) is 4.92. The highest BCUT2D eigenvalue weighted by atomic mass is 16.2. The summed E-state index contributed by atoms with van der Waals surface area (Å²) in [7, 11) is 0. The lowest BCUT2D eigenvalue weighted by atomic mass is 9.87. The zero-order chi connectivity index (χ0) is 21.7. The van der Waals surface area contributed by atoms with E-state index in [9.17, 15) is 9.59 Å². The van der Waals surface area contributed by atoms with Crippen molar-refractivity contribution in [1.29, 1.82) is 5.26 Å². The fraction of sp³-hybridized carbons (Fsp3) is 0.160. The van der Waals surface area contributed by atoms with Crippen LogP contribution in [0, 0.1) is 11.3 Å². The number of hydrogen-bond acceptors (Lipinski definition) is 3. The van der Waals surface area contributed by atoms with Gasteiger partial charge < -0.3 is 10.6 Å². The van der Waals surface area contributed by atoms with Crippen LogP contribution in [0.15, 0.2) is 72.8 Å². The number of carbonyl (C=O) groups excluding carboxylic acids is 2. The summed E-state index contributed by atoms with van der Waals surface area (Å²) >= 11 is 0. The minimum absolute atomic E-state index is 0.0112. The summed E-state index contributed by atoms with van der Waals surface area (Å²) in [6, 6.07) is 22.9. The maximum atomic E-state index is 12.7. The summed E-state index contributed by atoms with van der Waals surface area (Å²) in [4.78, 5) is 25.2. The van der Waals surface area contributed by atoms with Crippen LogP contribution in [-0.4, -0.2) is 11.8 Å². The van der Waals surface area contributed by atoms with Gasteiger partial charge in [0.1, 0.15) is 0 Å². The summed E-state index contributed by atoms with van der Waals surface area (Å²) in [5, 5.41) is 14.6. The predicted molar refractivity (Wildman–Crippen MR) is 119 cm³/mol. The molecule has 0 unspecified atom stereocenters. The fourth-order valence-electron chi connectivity index (χ4n) is 2.91. The van der Waals surface area contributed by atoms with E-state index in [1.54, 1.807) is 60.7 Å². The van der Waals surface area contributed by atoms with Crippen molar-refractivity contribution in [3.05, 3.63) is 95.1 Å². The predicted octanol–water partition coefficient (Wildman–Crippen LogP) is 5.36. The van der Waals surface area contributed by atoms with Crippen LogP contribution in [0.2, 0.25) is 0 Å². The molecule has 2 amide bonds. The molecule has 0 heterocycles. The van der Waals surface area contributed by atoms with E-state index in [1.165, 1.54) is 0 Å². The molecule has 0 atom stereocenters. The lowest BCUT2D eigenvalue weighted by molar-refractivity contribution is 0.101. The first kappa shape index (κ1) is 20.8. The van der Waals surface area contributed by atoms with E-state index in [-0.39, 0.29) is 17.2 Å². The molecule has 30 heavy (non-hydrogen) atoms. The Morgan fingerprint density at radius 1 is 0.733 bits per heavy atom. The van der Waals surface area contributed by atoms with Crippen molar-refractivity contribution in [1.82, 2.24) is 0 Å². The molecule has 5 heteroatoms. The number of hydrogen-bond donors (Lipinski definition) is 2. The first-order valence-electron chi connectivity index (χ1n) is 9.60. The summed E-state index contributed by atoms with van der Waals surface area (Å²) in [5.41, 5.74) is 3.60. The third-order valence-corrected chi connectivity index (χ3v) is 4.71. The van der Waals surface area contributed by atoms with Gasteiger partial charge in [-0.3, -0.25) is 9.59 Å². The van der Waals surface area contributed by atoms with E-state index in [0.29, 0.717) is 28.1 Å². The Labute approximate surface area is 176 Å². The van der Waals surface area contributed by atoms with Gasteiger partial charge in [-0.25, -0.2) is 0 Å². The molecule has 150 valence electrons. The van der Waals surface area contributed by atoms with E-state index in [0.717, 1.165) is 5.56 Å². The maximum absolute atomic E-state index is 12.7. The van der Waals surface area contributed by atoms with Gasteiger partial charge in [-0.05, 0) is 59.5 Å². The van der Waals surface area contributed by atoms with Crippen LogP contribution in [0.3, 0.4) is 0 Å². The SMILES string of the molecule is CC(C)(C)c1ccc(C(=O)Nc2ccccc2NC(=O)c2ccc(C#N)cc2)cc1. The highest BCUT2D eigenvalue weighted by Gasteiger charge is 2.15. The Hall–Kier alpha value is -3.91. The first-order chi connectivity index (χ1) is 14.3. The van der Waals surface area contributed by atoms with Crippen LogP contribution >= 0.6 is 0 Å². The van der Waals surface area contributed by atoms with Crippen LogP contribution in [0.25, 0.3) is 0 Å². The number of benzene rings is 3. The number of rotatable bonds is 4. The number of anilines is 2. The van der Waals surface area contributed by atoms with E-state index in [1.807, 2.05) is 18.2 Å². The molecule has 0 saturated carbocycles. The van der Waals surface area contributed by atoms with Crippen molar-refractivity contribution in [3.8, 4) is 6.07 Å². The van der Waals surface area contributed by atoms with Gasteiger partial charge in [0.05, 0.1) is 23.0 Å². The zero-order valence-corrected chi connectivity index (χ0v) is 17.2. The molecule has 3 aromatic carbocycles. The van der Waals surface area contributed by atoms with Gasteiger partial charge >= 0.3 is 0 Å². The van der Waals surface area contributed by atoms with Gasteiger partial charge in [-0.15, -0.1) is 0 Å². The third-order valence-electron chi connectivity index (χ3n) is 4.71. The Morgan fingerprint density at radius 3 is 1.57 bits per heavy atom. The van der Waals surface area contributed by atoms with Gasteiger partial charge in [0.15, 0.2) is 0 Å². The average Bonchev–Trinajstić information content (AvgIpc) is 2.74. The Bertz CT molecular complexity index is 1100. The van der Waals surface area contributed by atoms with Crippen LogP contribution < -0.4 is 10.6 Å². The lowest BCUT2D eigenvalue weighted by Gasteiger charge is -2.19. The van der Waals surface area contributed by atoms with Crippen molar-refractivity contribution in [3.63, 3.8) is 0 Å². The Morgan fingerprint density at radius 2 is 1.17 bits per heavy atom. The molecule has 0 aliphatic rings. The van der Waals surface area contributed by atoms with E-state index < -0.39 is 0 Å². The maximum Gasteiger partial charge on any atom is 0.255 e. The van der Waals surface area contributed by atoms with Gasteiger partial charge in [0, 0.05) is 11.1 Å². The van der Waals surface area contributed by atoms with Gasteiger partial charge in [-0.2, -0.15) is 5.26 Å². The van der Waals surface area contributed by atoms with Crippen molar-refractivity contribution >= 4 is 23.2 Å². The monoisotopic (exact) mass is 397 g/mol. The van der Waals surface area contributed by atoms with Crippen molar-refractivity contribution in [2.45, 2.75) is 26.2 Å². The number of nitrogens with zero attached hydrogens (tertiary/aromatic N) is 1. The van der Waals surface area contributed by atoms with Gasteiger partial charge in [-0.1, -0.05) is 45.0 Å². The van der Waals surface area contributed by atoms with Crippen LogP contribution in [0.1, 0.15) is 52.6 Å². The van der Waals surface area contributed by atoms with E-state index in [4.69, 9.17) is 5.26 Å². The molecule has 5 nitrogen and oxygen atoms in total.